The van der Waals surface area contributed by atoms with Gasteiger partial charge in [0, 0.05) is 0 Å². The van der Waals surface area contributed by atoms with Crippen molar-refractivity contribution in [2.45, 2.75) is 84.0 Å². The predicted octanol–water partition coefficient (Wildman–Crippen LogP) is 5.06. The van der Waals surface area contributed by atoms with Crippen LogP contribution in [0.3, 0.4) is 0 Å². The Kier molecular flexibility index (Phi) is 14.3. The van der Waals surface area contributed by atoms with E-state index < -0.39 is 10.4 Å². The molecule has 0 aromatic rings. The first-order chi connectivity index (χ1) is 10.1. The topological polar surface area (TPSA) is 63.6 Å². The zero-order valence-electron chi connectivity index (χ0n) is 13.4. The molecule has 0 aromatic heterocycles. The van der Waals surface area contributed by atoms with Crippen molar-refractivity contribution in [2.24, 2.45) is 0 Å². The van der Waals surface area contributed by atoms with Crippen molar-refractivity contribution in [3.63, 3.8) is 0 Å². The van der Waals surface area contributed by atoms with Crippen molar-refractivity contribution in [2.75, 3.05) is 6.61 Å². The minimum atomic E-state index is -4.25. The van der Waals surface area contributed by atoms with Crippen LogP contribution in [0.5, 0.6) is 0 Å². The van der Waals surface area contributed by atoms with Gasteiger partial charge in [0.25, 0.3) is 0 Å². The van der Waals surface area contributed by atoms with Crippen LogP contribution in [0.4, 0.5) is 0 Å². The fourth-order valence-electron chi connectivity index (χ4n) is 2.16. The lowest BCUT2D eigenvalue weighted by molar-refractivity contribution is 0.261. The van der Waals surface area contributed by atoms with Crippen LogP contribution in [0.25, 0.3) is 0 Å². The first-order valence-corrected chi connectivity index (χ1v) is 9.69. The van der Waals surface area contributed by atoms with Crippen LogP contribution in [0.15, 0.2) is 12.2 Å². The molecule has 0 spiro atoms. The Bertz CT molecular complexity index is 336. The minimum absolute atomic E-state index is 0.0829. The van der Waals surface area contributed by atoms with Crippen LogP contribution in [0.1, 0.15) is 84.0 Å². The Balaban J connectivity index is 3.13. The standard InChI is InChI=1S/C16H32O4S/c1-2-3-4-5-6-7-8-9-10-11-12-13-14-15-16-20-21(17,18)19/h7-8H,2-6,9-16H2,1H3,(H,17,18,19). The van der Waals surface area contributed by atoms with Gasteiger partial charge < -0.3 is 0 Å². The second kappa shape index (κ2) is 14.5. The molecule has 5 heteroatoms. The first-order valence-electron chi connectivity index (χ1n) is 8.33. The summed E-state index contributed by atoms with van der Waals surface area (Å²) in [6.07, 6.45) is 18.6. The van der Waals surface area contributed by atoms with Gasteiger partial charge >= 0.3 is 10.4 Å². The van der Waals surface area contributed by atoms with E-state index in [-0.39, 0.29) is 6.61 Å². The van der Waals surface area contributed by atoms with Crippen LogP contribution in [-0.4, -0.2) is 19.6 Å². The van der Waals surface area contributed by atoms with Gasteiger partial charge in [-0.25, -0.2) is 4.18 Å². The van der Waals surface area contributed by atoms with Crippen molar-refractivity contribution in [1.82, 2.24) is 0 Å². The van der Waals surface area contributed by atoms with E-state index in [9.17, 15) is 8.42 Å². The number of unbranched alkanes of at least 4 members (excludes halogenated alkanes) is 10. The average Bonchev–Trinajstić information content (AvgIpc) is 2.42. The fourth-order valence-corrected chi connectivity index (χ4v) is 2.49. The Morgan fingerprint density at radius 3 is 1.81 bits per heavy atom. The normalized spacial score (nSPS) is 12.3. The predicted molar refractivity (Wildman–Crippen MR) is 87.7 cm³/mol. The van der Waals surface area contributed by atoms with Gasteiger partial charge in [-0.15, -0.1) is 0 Å². The number of rotatable bonds is 15. The summed E-state index contributed by atoms with van der Waals surface area (Å²) in [4.78, 5) is 0. The van der Waals surface area contributed by atoms with Crippen molar-refractivity contribution in [1.29, 1.82) is 0 Å². The van der Waals surface area contributed by atoms with Crippen LogP contribution in [0, 0.1) is 0 Å². The molecule has 0 rings (SSSR count). The van der Waals surface area contributed by atoms with Gasteiger partial charge in [0.15, 0.2) is 0 Å². The van der Waals surface area contributed by atoms with E-state index in [1.165, 1.54) is 57.8 Å². The van der Waals surface area contributed by atoms with Gasteiger partial charge in [0.05, 0.1) is 6.61 Å². The molecule has 0 unspecified atom stereocenters. The van der Waals surface area contributed by atoms with Crippen LogP contribution in [-0.2, 0) is 14.6 Å². The molecular weight excluding hydrogens is 288 g/mol. The van der Waals surface area contributed by atoms with Gasteiger partial charge in [-0.3, -0.25) is 4.55 Å². The van der Waals surface area contributed by atoms with Crippen LogP contribution in [0.2, 0.25) is 0 Å². The summed E-state index contributed by atoms with van der Waals surface area (Å²) >= 11 is 0. The van der Waals surface area contributed by atoms with E-state index in [2.05, 4.69) is 23.3 Å². The second-order valence-electron chi connectivity index (χ2n) is 5.48. The molecule has 0 radical (unpaired) electrons. The lowest BCUT2D eigenvalue weighted by Gasteiger charge is -2.01. The molecule has 0 fully saturated rings. The Labute approximate surface area is 130 Å². The van der Waals surface area contributed by atoms with Crippen LogP contribution < -0.4 is 0 Å². The molecule has 0 aliphatic rings. The van der Waals surface area contributed by atoms with Crippen molar-refractivity contribution in [3.8, 4) is 0 Å². The highest BCUT2D eigenvalue weighted by atomic mass is 32.3. The highest BCUT2D eigenvalue weighted by Gasteiger charge is 2.02. The monoisotopic (exact) mass is 320 g/mol. The van der Waals surface area contributed by atoms with E-state index >= 15 is 0 Å². The molecule has 0 amide bonds. The molecule has 0 aromatic carbocycles. The smallest absolute Gasteiger partial charge is 0.264 e. The summed E-state index contributed by atoms with van der Waals surface area (Å²) in [5.74, 6) is 0. The quantitative estimate of drug-likeness (QED) is 0.260. The summed E-state index contributed by atoms with van der Waals surface area (Å²) in [6.45, 7) is 2.32. The maximum absolute atomic E-state index is 10.3. The lowest BCUT2D eigenvalue weighted by atomic mass is 10.1. The zero-order chi connectivity index (χ0) is 15.8. The van der Waals surface area contributed by atoms with Crippen molar-refractivity contribution in [3.05, 3.63) is 12.2 Å². The summed E-state index contributed by atoms with van der Waals surface area (Å²) in [5, 5.41) is 0. The second-order valence-corrected chi connectivity index (χ2v) is 6.57. The summed E-state index contributed by atoms with van der Waals surface area (Å²) in [7, 11) is -4.25. The molecule has 0 aliphatic heterocycles. The molecule has 4 nitrogen and oxygen atoms in total. The molecule has 0 saturated carbocycles. The molecule has 0 aliphatic carbocycles. The highest BCUT2D eigenvalue weighted by molar-refractivity contribution is 7.80. The van der Waals surface area contributed by atoms with E-state index in [1.807, 2.05) is 0 Å². The zero-order valence-corrected chi connectivity index (χ0v) is 14.2. The molecule has 21 heavy (non-hydrogen) atoms. The van der Waals surface area contributed by atoms with Gasteiger partial charge in [-0.1, -0.05) is 64.0 Å². The lowest BCUT2D eigenvalue weighted by Crippen LogP contribution is -2.04. The van der Waals surface area contributed by atoms with Gasteiger partial charge in [0.2, 0.25) is 0 Å². The van der Waals surface area contributed by atoms with Gasteiger partial charge in [-0.05, 0) is 32.1 Å². The van der Waals surface area contributed by atoms with Gasteiger partial charge in [0.1, 0.15) is 0 Å². The number of hydrogen-bond donors (Lipinski definition) is 1. The van der Waals surface area contributed by atoms with E-state index in [4.69, 9.17) is 4.55 Å². The SMILES string of the molecule is CCCCCCC=CCCCCCCCCOS(=O)(=O)O. The maximum atomic E-state index is 10.3. The summed E-state index contributed by atoms with van der Waals surface area (Å²) < 4.78 is 33.2. The highest BCUT2D eigenvalue weighted by Crippen LogP contribution is 2.09. The number of hydrogen-bond acceptors (Lipinski definition) is 3. The molecule has 0 heterocycles. The first kappa shape index (κ1) is 20.6. The molecule has 0 atom stereocenters. The molecular formula is C16H32O4S. The average molecular weight is 320 g/mol. The van der Waals surface area contributed by atoms with Gasteiger partial charge in [-0.2, -0.15) is 8.42 Å². The van der Waals surface area contributed by atoms with Crippen molar-refractivity contribution >= 4 is 10.4 Å². The van der Waals surface area contributed by atoms with E-state index in [0.29, 0.717) is 6.42 Å². The Morgan fingerprint density at radius 1 is 0.810 bits per heavy atom. The summed E-state index contributed by atoms with van der Waals surface area (Å²) in [5.41, 5.74) is 0. The van der Waals surface area contributed by atoms with Crippen molar-refractivity contribution < 1.29 is 17.2 Å². The van der Waals surface area contributed by atoms with E-state index in [1.54, 1.807) is 0 Å². The summed E-state index contributed by atoms with van der Waals surface area (Å²) in [6, 6.07) is 0. The third-order valence-electron chi connectivity index (χ3n) is 3.39. The minimum Gasteiger partial charge on any atom is -0.264 e. The largest absolute Gasteiger partial charge is 0.397 e. The Morgan fingerprint density at radius 2 is 1.29 bits per heavy atom. The molecule has 0 bridgehead atoms. The fraction of sp³-hybridized carbons (Fsp3) is 0.875. The third-order valence-corrected chi connectivity index (χ3v) is 3.85. The molecule has 1 N–H and O–H groups in total. The maximum Gasteiger partial charge on any atom is 0.397 e. The van der Waals surface area contributed by atoms with E-state index in [0.717, 1.165) is 12.8 Å². The van der Waals surface area contributed by atoms with Crippen LogP contribution >= 0.6 is 0 Å². The number of allylic oxidation sites excluding steroid dienone is 2. The third kappa shape index (κ3) is 19.6. The molecule has 126 valence electrons. The molecule has 0 saturated heterocycles. The Hall–Kier alpha value is -0.390.